The van der Waals surface area contributed by atoms with E-state index in [1.54, 1.807) is 0 Å². The lowest BCUT2D eigenvalue weighted by molar-refractivity contribution is 0.658. The first-order valence-corrected chi connectivity index (χ1v) is 7.48. The maximum absolute atomic E-state index is 4.75. The van der Waals surface area contributed by atoms with Gasteiger partial charge in [0, 0.05) is 18.3 Å². The fourth-order valence-electron chi connectivity index (χ4n) is 2.26. The second-order valence-electron chi connectivity index (χ2n) is 4.46. The van der Waals surface area contributed by atoms with Crippen molar-refractivity contribution in [3.63, 3.8) is 0 Å². The minimum absolute atomic E-state index is 0.502. The summed E-state index contributed by atoms with van der Waals surface area (Å²) in [6.45, 7) is 4.26. The standard InChI is InChI=1S/C13H21N3S/c1-4-10-9(2)12(14-3)16-13(15-10)11-7-5-6-8-17-11/h11H,4-8H2,1-3H3,(H,14,15,16). The van der Waals surface area contributed by atoms with E-state index in [9.17, 15) is 0 Å². The number of nitrogens with zero attached hydrogens (tertiary/aromatic N) is 2. The van der Waals surface area contributed by atoms with Crippen molar-refractivity contribution in [2.24, 2.45) is 0 Å². The molecule has 4 heteroatoms. The summed E-state index contributed by atoms with van der Waals surface area (Å²) < 4.78 is 0. The number of rotatable bonds is 3. The van der Waals surface area contributed by atoms with E-state index in [2.05, 4.69) is 24.1 Å². The average Bonchev–Trinajstić information content (AvgIpc) is 2.40. The molecular formula is C13H21N3S. The van der Waals surface area contributed by atoms with E-state index in [0.29, 0.717) is 5.25 Å². The van der Waals surface area contributed by atoms with E-state index in [4.69, 9.17) is 4.98 Å². The smallest absolute Gasteiger partial charge is 0.143 e. The zero-order valence-electron chi connectivity index (χ0n) is 10.9. The van der Waals surface area contributed by atoms with Crippen molar-refractivity contribution in [2.75, 3.05) is 18.1 Å². The molecule has 1 aliphatic heterocycles. The lowest BCUT2D eigenvalue weighted by Gasteiger charge is -2.21. The summed E-state index contributed by atoms with van der Waals surface area (Å²) in [5, 5.41) is 3.69. The minimum Gasteiger partial charge on any atom is -0.373 e. The predicted molar refractivity (Wildman–Crippen MR) is 74.7 cm³/mol. The fourth-order valence-corrected chi connectivity index (χ4v) is 3.50. The number of hydrogen-bond donors (Lipinski definition) is 1. The molecule has 1 aromatic rings. The zero-order chi connectivity index (χ0) is 12.3. The summed E-state index contributed by atoms with van der Waals surface area (Å²) >= 11 is 2.01. The Morgan fingerprint density at radius 3 is 2.76 bits per heavy atom. The molecule has 2 heterocycles. The summed E-state index contributed by atoms with van der Waals surface area (Å²) in [7, 11) is 1.94. The first kappa shape index (κ1) is 12.7. The van der Waals surface area contributed by atoms with Crippen LogP contribution in [0.1, 0.15) is 48.5 Å². The molecule has 1 aliphatic rings. The Labute approximate surface area is 108 Å². The van der Waals surface area contributed by atoms with Crippen molar-refractivity contribution in [1.29, 1.82) is 0 Å². The van der Waals surface area contributed by atoms with Gasteiger partial charge in [-0.3, -0.25) is 0 Å². The van der Waals surface area contributed by atoms with Gasteiger partial charge in [0.15, 0.2) is 0 Å². The third-order valence-electron chi connectivity index (χ3n) is 3.30. The van der Waals surface area contributed by atoms with Gasteiger partial charge in [-0.05, 0) is 31.9 Å². The highest BCUT2D eigenvalue weighted by atomic mass is 32.2. The van der Waals surface area contributed by atoms with E-state index < -0.39 is 0 Å². The third-order valence-corrected chi connectivity index (χ3v) is 4.68. The molecule has 1 N–H and O–H groups in total. The van der Waals surface area contributed by atoms with Crippen LogP contribution in [0.15, 0.2) is 0 Å². The largest absolute Gasteiger partial charge is 0.373 e. The summed E-state index contributed by atoms with van der Waals surface area (Å²) in [4.78, 5) is 9.43. The molecule has 1 aromatic heterocycles. The van der Waals surface area contributed by atoms with Crippen LogP contribution in [-0.4, -0.2) is 22.8 Å². The van der Waals surface area contributed by atoms with E-state index >= 15 is 0 Å². The molecule has 2 rings (SSSR count). The molecule has 1 unspecified atom stereocenters. The molecule has 0 amide bonds. The number of thioether (sulfide) groups is 1. The summed E-state index contributed by atoms with van der Waals surface area (Å²) in [6, 6.07) is 0. The highest BCUT2D eigenvalue weighted by Gasteiger charge is 2.20. The highest BCUT2D eigenvalue weighted by Crippen LogP contribution is 2.37. The Morgan fingerprint density at radius 1 is 1.35 bits per heavy atom. The van der Waals surface area contributed by atoms with Crippen LogP contribution in [0.25, 0.3) is 0 Å². The molecule has 0 bridgehead atoms. The molecule has 0 saturated carbocycles. The Kier molecular flexibility index (Phi) is 4.26. The molecule has 0 aromatic carbocycles. The number of aromatic nitrogens is 2. The van der Waals surface area contributed by atoms with Gasteiger partial charge in [-0.1, -0.05) is 13.3 Å². The van der Waals surface area contributed by atoms with Crippen molar-refractivity contribution in [1.82, 2.24) is 9.97 Å². The Balaban J connectivity index is 2.33. The molecule has 3 nitrogen and oxygen atoms in total. The molecule has 1 fully saturated rings. The van der Waals surface area contributed by atoms with Gasteiger partial charge in [0.05, 0.1) is 5.25 Å². The number of nitrogens with one attached hydrogen (secondary N) is 1. The van der Waals surface area contributed by atoms with Crippen molar-refractivity contribution in [3.8, 4) is 0 Å². The second-order valence-corrected chi connectivity index (χ2v) is 5.77. The quantitative estimate of drug-likeness (QED) is 0.894. The molecule has 0 aliphatic carbocycles. The van der Waals surface area contributed by atoms with E-state index in [0.717, 1.165) is 18.1 Å². The van der Waals surface area contributed by atoms with Crippen molar-refractivity contribution in [2.45, 2.75) is 44.8 Å². The Hall–Kier alpha value is -0.770. The maximum atomic E-state index is 4.75. The molecule has 0 radical (unpaired) electrons. The normalized spacial score (nSPS) is 20.3. The van der Waals surface area contributed by atoms with Gasteiger partial charge in [0.1, 0.15) is 11.6 Å². The molecule has 1 atom stereocenters. The molecule has 1 saturated heterocycles. The number of hydrogen-bond acceptors (Lipinski definition) is 4. The summed E-state index contributed by atoms with van der Waals surface area (Å²) in [5.41, 5.74) is 2.38. The molecule has 17 heavy (non-hydrogen) atoms. The SMILES string of the molecule is CCc1nc(C2CCCCS2)nc(NC)c1C. The van der Waals surface area contributed by atoms with Crippen LogP contribution in [0.5, 0.6) is 0 Å². The van der Waals surface area contributed by atoms with Gasteiger partial charge >= 0.3 is 0 Å². The monoisotopic (exact) mass is 251 g/mol. The maximum Gasteiger partial charge on any atom is 0.143 e. The number of aryl methyl sites for hydroxylation is 1. The Morgan fingerprint density at radius 2 is 2.18 bits per heavy atom. The van der Waals surface area contributed by atoms with Crippen LogP contribution in [0, 0.1) is 6.92 Å². The molecular weight excluding hydrogens is 230 g/mol. The van der Waals surface area contributed by atoms with Gasteiger partial charge in [-0.25, -0.2) is 9.97 Å². The predicted octanol–water partition coefficient (Wildman–Crippen LogP) is 3.35. The van der Waals surface area contributed by atoms with Gasteiger partial charge in [-0.2, -0.15) is 11.8 Å². The zero-order valence-corrected chi connectivity index (χ0v) is 11.7. The minimum atomic E-state index is 0.502. The Bertz CT molecular complexity index is 361. The van der Waals surface area contributed by atoms with Crippen molar-refractivity contribution in [3.05, 3.63) is 17.1 Å². The van der Waals surface area contributed by atoms with E-state index in [1.165, 1.54) is 36.3 Å². The third kappa shape index (κ3) is 2.73. The lowest BCUT2D eigenvalue weighted by atomic mass is 10.1. The highest BCUT2D eigenvalue weighted by molar-refractivity contribution is 7.99. The van der Waals surface area contributed by atoms with Crippen LogP contribution in [0.4, 0.5) is 5.82 Å². The van der Waals surface area contributed by atoms with Crippen LogP contribution in [0.3, 0.4) is 0 Å². The second kappa shape index (κ2) is 5.71. The van der Waals surface area contributed by atoms with Gasteiger partial charge in [0.2, 0.25) is 0 Å². The van der Waals surface area contributed by atoms with E-state index in [1.807, 2.05) is 18.8 Å². The molecule has 0 spiro atoms. The first-order chi connectivity index (χ1) is 8.26. The van der Waals surface area contributed by atoms with Crippen LogP contribution in [-0.2, 0) is 6.42 Å². The average molecular weight is 251 g/mol. The van der Waals surface area contributed by atoms with Crippen LogP contribution in [0.2, 0.25) is 0 Å². The van der Waals surface area contributed by atoms with Crippen LogP contribution < -0.4 is 5.32 Å². The van der Waals surface area contributed by atoms with Gasteiger partial charge < -0.3 is 5.32 Å². The van der Waals surface area contributed by atoms with Crippen molar-refractivity contribution < 1.29 is 0 Å². The van der Waals surface area contributed by atoms with Crippen molar-refractivity contribution >= 4 is 17.6 Å². The number of anilines is 1. The summed E-state index contributed by atoms with van der Waals surface area (Å²) in [6.07, 6.45) is 4.85. The van der Waals surface area contributed by atoms with Gasteiger partial charge in [0.25, 0.3) is 0 Å². The fraction of sp³-hybridized carbons (Fsp3) is 0.692. The van der Waals surface area contributed by atoms with Crippen LogP contribution >= 0.6 is 11.8 Å². The molecule has 94 valence electrons. The first-order valence-electron chi connectivity index (χ1n) is 6.43. The van der Waals surface area contributed by atoms with Gasteiger partial charge in [-0.15, -0.1) is 0 Å². The lowest BCUT2D eigenvalue weighted by Crippen LogP contribution is -2.11. The summed E-state index contributed by atoms with van der Waals surface area (Å²) in [5.74, 6) is 3.28. The van der Waals surface area contributed by atoms with E-state index in [-0.39, 0.29) is 0 Å². The topological polar surface area (TPSA) is 37.8 Å².